The molecule has 1 heterocycles. The van der Waals surface area contributed by atoms with Crippen LogP contribution < -0.4 is 10.5 Å². The smallest absolute Gasteiger partial charge is 0.417 e. The van der Waals surface area contributed by atoms with Crippen LogP contribution in [0.25, 0.3) is 11.0 Å². The van der Waals surface area contributed by atoms with Gasteiger partial charge in [0.2, 0.25) is 5.76 Å². The normalized spacial score (nSPS) is 12.3. The molecule has 3 rings (SSSR count). The molecule has 0 saturated carbocycles. The number of benzene rings is 2. The number of hydrogen-bond donors (Lipinski definition) is 2. The highest BCUT2D eigenvalue weighted by atomic mass is 32.2. The van der Waals surface area contributed by atoms with Crippen molar-refractivity contribution in [1.29, 1.82) is 0 Å². The highest BCUT2D eigenvalue weighted by Gasteiger charge is 2.37. The highest BCUT2D eigenvalue weighted by molar-refractivity contribution is 7.92. The quantitative estimate of drug-likeness (QED) is 0.720. The zero-order chi connectivity index (χ0) is 19.1. The molecule has 0 fully saturated rings. The van der Waals surface area contributed by atoms with E-state index in [2.05, 4.69) is 0 Å². The number of nitrogens with two attached hydrogens (primary N) is 1. The van der Waals surface area contributed by atoms with Gasteiger partial charge in [0.15, 0.2) is 0 Å². The molecule has 3 aromatic rings. The molecule has 0 spiro atoms. The van der Waals surface area contributed by atoms with E-state index in [9.17, 15) is 26.4 Å². The van der Waals surface area contributed by atoms with Crippen molar-refractivity contribution in [2.75, 3.05) is 4.72 Å². The van der Waals surface area contributed by atoms with E-state index in [1.54, 1.807) is 12.1 Å². The lowest BCUT2D eigenvalue weighted by Gasteiger charge is -2.14. The van der Waals surface area contributed by atoms with Crippen molar-refractivity contribution in [2.24, 2.45) is 5.73 Å². The van der Waals surface area contributed by atoms with Gasteiger partial charge in [-0.25, -0.2) is 8.42 Å². The third-order valence-corrected chi connectivity index (χ3v) is 4.95. The number of hydrogen-bond acceptors (Lipinski definition) is 4. The van der Waals surface area contributed by atoms with Gasteiger partial charge in [-0.2, -0.15) is 13.2 Å². The van der Waals surface area contributed by atoms with E-state index in [-0.39, 0.29) is 16.7 Å². The van der Waals surface area contributed by atoms with Crippen LogP contribution in [0, 0.1) is 0 Å². The van der Waals surface area contributed by atoms with E-state index in [0.29, 0.717) is 6.07 Å². The first kappa shape index (κ1) is 17.8. The first-order valence-corrected chi connectivity index (χ1v) is 8.60. The van der Waals surface area contributed by atoms with Crippen molar-refractivity contribution in [3.8, 4) is 0 Å². The monoisotopic (exact) mass is 384 g/mol. The molecule has 0 saturated heterocycles. The summed E-state index contributed by atoms with van der Waals surface area (Å²) >= 11 is 0. The topological polar surface area (TPSA) is 102 Å². The van der Waals surface area contributed by atoms with Crippen LogP contribution in [0.15, 0.2) is 57.8 Å². The molecule has 0 aliphatic heterocycles. The molecule has 1 amide bonds. The SMILES string of the molecule is NC(=O)c1oc2ccccc2c1NS(=O)(=O)c1ccccc1C(F)(F)F. The maximum Gasteiger partial charge on any atom is 0.417 e. The number of rotatable bonds is 4. The van der Waals surface area contributed by atoms with Crippen LogP contribution in [-0.4, -0.2) is 14.3 Å². The van der Waals surface area contributed by atoms with Crippen molar-refractivity contribution in [1.82, 2.24) is 0 Å². The third kappa shape index (κ3) is 3.10. The van der Waals surface area contributed by atoms with E-state index >= 15 is 0 Å². The average Bonchev–Trinajstić information content (AvgIpc) is 2.93. The summed E-state index contributed by atoms with van der Waals surface area (Å²) < 4.78 is 71.8. The number of alkyl halides is 3. The number of fused-ring (bicyclic) bond motifs is 1. The summed E-state index contributed by atoms with van der Waals surface area (Å²) in [4.78, 5) is 10.6. The predicted molar refractivity (Wildman–Crippen MR) is 87.0 cm³/mol. The Morgan fingerprint density at radius 2 is 1.65 bits per heavy atom. The summed E-state index contributed by atoms with van der Waals surface area (Å²) in [5, 5.41) is 0.189. The molecular weight excluding hydrogens is 373 g/mol. The molecule has 3 N–H and O–H groups in total. The number of halogens is 3. The van der Waals surface area contributed by atoms with Gasteiger partial charge in [0, 0.05) is 5.39 Å². The minimum atomic E-state index is -4.88. The van der Waals surface area contributed by atoms with Gasteiger partial charge in [-0.15, -0.1) is 0 Å². The van der Waals surface area contributed by atoms with Crippen LogP contribution in [0.4, 0.5) is 18.9 Å². The van der Waals surface area contributed by atoms with Crippen molar-refractivity contribution in [3.63, 3.8) is 0 Å². The Morgan fingerprint density at radius 1 is 1.04 bits per heavy atom. The van der Waals surface area contributed by atoms with E-state index in [1.165, 1.54) is 12.1 Å². The van der Waals surface area contributed by atoms with Crippen LogP contribution in [0.1, 0.15) is 16.1 Å². The number of nitrogens with one attached hydrogen (secondary N) is 1. The summed E-state index contributed by atoms with van der Waals surface area (Å²) in [6, 6.07) is 9.73. The lowest BCUT2D eigenvalue weighted by atomic mass is 10.2. The molecule has 0 atom stereocenters. The predicted octanol–water partition coefficient (Wildman–Crippen LogP) is 3.35. The van der Waals surface area contributed by atoms with E-state index in [4.69, 9.17) is 10.2 Å². The standard InChI is InChI=1S/C16H11F3N2O4S/c17-16(18,19)10-6-2-4-8-12(10)26(23,24)21-13-9-5-1-3-7-11(9)25-14(13)15(20)22/h1-8,21H,(H2,20,22). The Morgan fingerprint density at radius 3 is 2.31 bits per heavy atom. The fourth-order valence-electron chi connectivity index (χ4n) is 2.44. The lowest BCUT2D eigenvalue weighted by Crippen LogP contribution is -2.20. The molecule has 2 aromatic carbocycles. The number of carbonyl (C=O) groups is 1. The highest BCUT2D eigenvalue weighted by Crippen LogP contribution is 2.36. The summed E-state index contributed by atoms with van der Waals surface area (Å²) in [5.74, 6) is -1.57. The number of para-hydroxylation sites is 1. The van der Waals surface area contributed by atoms with Crippen molar-refractivity contribution in [2.45, 2.75) is 11.1 Å². The molecule has 0 aliphatic carbocycles. The van der Waals surface area contributed by atoms with Gasteiger partial charge in [0.1, 0.15) is 11.3 Å². The molecular formula is C16H11F3N2O4S. The fourth-order valence-corrected chi connectivity index (χ4v) is 3.76. The Balaban J connectivity index is 2.17. The molecule has 26 heavy (non-hydrogen) atoms. The minimum Gasteiger partial charge on any atom is -0.449 e. The molecule has 0 radical (unpaired) electrons. The zero-order valence-electron chi connectivity index (χ0n) is 12.9. The maximum absolute atomic E-state index is 13.1. The summed E-state index contributed by atoms with van der Waals surface area (Å²) in [7, 11) is -4.68. The fraction of sp³-hybridized carbons (Fsp3) is 0.0625. The van der Waals surface area contributed by atoms with Crippen LogP contribution in [0.2, 0.25) is 0 Å². The molecule has 136 valence electrons. The van der Waals surface area contributed by atoms with Gasteiger partial charge >= 0.3 is 6.18 Å². The van der Waals surface area contributed by atoms with Crippen molar-refractivity contribution >= 4 is 32.6 Å². The summed E-state index contributed by atoms with van der Waals surface area (Å²) in [6.07, 6.45) is -4.88. The number of furan rings is 1. The number of amides is 1. The molecule has 1 aromatic heterocycles. The first-order chi connectivity index (χ1) is 12.1. The van der Waals surface area contributed by atoms with Gasteiger partial charge in [0.05, 0.1) is 10.5 Å². The molecule has 6 nitrogen and oxygen atoms in total. The number of sulfonamides is 1. The Kier molecular flexibility index (Phi) is 4.15. The van der Waals surface area contributed by atoms with Gasteiger partial charge in [-0.05, 0) is 24.3 Å². The number of anilines is 1. The Labute approximate surface area is 145 Å². The molecule has 0 aliphatic rings. The third-order valence-electron chi connectivity index (χ3n) is 3.54. The van der Waals surface area contributed by atoms with Gasteiger partial charge in [-0.3, -0.25) is 9.52 Å². The van der Waals surface area contributed by atoms with Crippen molar-refractivity contribution < 1.29 is 30.8 Å². The van der Waals surface area contributed by atoms with Crippen LogP contribution >= 0.6 is 0 Å². The second-order valence-electron chi connectivity index (χ2n) is 5.27. The van der Waals surface area contributed by atoms with E-state index < -0.39 is 38.3 Å². The Bertz CT molecular complexity index is 1100. The largest absolute Gasteiger partial charge is 0.449 e. The molecule has 0 bridgehead atoms. The maximum atomic E-state index is 13.1. The minimum absolute atomic E-state index is 0.156. The zero-order valence-corrected chi connectivity index (χ0v) is 13.7. The summed E-state index contributed by atoms with van der Waals surface area (Å²) in [6.45, 7) is 0. The van der Waals surface area contributed by atoms with Gasteiger partial charge in [0.25, 0.3) is 15.9 Å². The number of primary amides is 1. The van der Waals surface area contributed by atoms with Crippen LogP contribution in [0.5, 0.6) is 0 Å². The molecule has 0 unspecified atom stereocenters. The molecule has 10 heteroatoms. The average molecular weight is 384 g/mol. The Hall–Kier alpha value is -3.01. The van der Waals surface area contributed by atoms with Crippen molar-refractivity contribution in [3.05, 3.63) is 59.9 Å². The van der Waals surface area contributed by atoms with Gasteiger partial charge < -0.3 is 10.2 Å². The van der Waals surface area contributed by atoms with Crippen LogP contribution in [0.3, 0.4) is 0 Å². The van der Waals surface area contributed by atoms with E-state index in [0.717, 1.165) is 18.2 Å². The lowest BCUT2D eigenvalue weighted by molar-refractivity contribution is -0.139. The van der Waals surface area contributed by atoms with Crippen LogP contribution in [-0.2, 0) is 16.2 Å². The second-order valence-corrected chi connectivity index (χ2v) is 6.92. The van der Waals surface area contributed by atoms with E-state index in [1.807, 2.05) is 4.72 Å². The summed E-state index contributed by atoms with van der Waals surface area (Å²) in [5.41, 5.74) is 3.70. The van der Waals surface area contributed by atoms with Gasteiger partial charge in [-0.1, -0.05) is 24.3 Å². The number of carbonyl (C=O) groups excluding carboxylic acids is 1. The second kappa shape index (κ2) is 6.06. The first-order valence-electron chi connectivity index (χ1n) is 7.11.